The van der Waals surface area contributed by atoms with E-state index in [4.69, 9.17) is 4.52 Å². The Balaban J connectivity index is 1.55. The molecule has 0 unspecified atom stereocenters. The van der Waals surface area contributed by atoms with Crippen LogP contribution >= 0.6 is 0 Å². The summed E-state index contributed by atoms with van der Waals surface area (Å²) in [5.74, 6) is 0.436. The quantitative estimate of drug-likeness (QED) is 0.731. The second-order valence-electron chi connectivity index (χ2n) is 6.32. The van der Waals surface area contributed by atoms with Crippen LogP contribution in [-0.4, -0.2) is 22.6 Å². The first-order valence-electron chi connectivity index (χ1n) is 8.54. The van der Waals surface area contributed by atoms with Gasteiger partial charge in [-0.25, -0.2) is 0 Å². The van der Waals surface area contributed by atoms with Gasteiger partial charge in [0, 0.05) is 18.5 Å². The standard InChI is InChI=1S/C19H15F3N4O2/c20-19(21,22)13-7-5-12(6-8-13)18-24-17(28-25-18)11-26-10-9-16(27)23-14-3-1-2-4-15(14)26/h1-8H,9-11H2,(H,23,27). The van der Waals surface area contributed by atoms with Crippen LogP contribution in [0.25, 0.3) is 11.4 Å². The van der Waals surface area contributed by atoms with E-state index in [1.54, 1.807) is 0 Å². The van der Waals surface area contributed by atoms with Crippen molar-refractivity contribution in [2.45, 2.75) is 19.1 Å². The molecule has 1 aliphatic heterocycles. The highest BCUT2D eigenvalue weighted by Crippen LogP contribution is 2.31. The third-order valence-electron chi connectivity index (χ3n) is 4.39. The molecule has 4 rings (SSSR count). The zero-order valence-corrected chi connectivity index (χ0v) is 14.5. The lowest BCUT2D eigenvalue weighted by Gasteiger charge is -2.21. The van der Waals surface area contributed by atoms with E-state index in [0.717, 1.165) is 17.8 Å². The van der Waals surface area contributed by atoms with E-state index in [0.29, 0.717) is 30.1 Å². The summed E-state index contributed by atoms with van der Waals surface area (Å²) < 4.78 is 43.3. The smallest absolute Gasteiger partial charge is 0.360 e. The molecule has 0 spiro atoms. The van der Waals surface area contributed by atoms with Gasteiger partial charge in [-0.05, 0) is 24.3 Å². The molecule has 0 saturated carbocycles. The fourth-order valence-corrected chi connectivity index (χ4v) is 3.00. The number of carbonyl (C=O) groups is 1. The minimum atomic E-state index is -4.40. The van der Waals surface area contributed by atoms with Crippen molar-refractivity contribution in [1.82, 2.24) is 10.1 Å². The number of hydrogen-bond acceptors (Lipinski definition) is 5. The molecule has 3 aromatic rings. The maximum atomic E-state index is 12.7. The topological polar surface area (TPSA) is 71.3 Å². The van der Waals surface area contributed by atoms with Crippen LogP contribution in [0.15, 0.2) is 53.1 Å². The predicted molar refractivity (Wildman–Crippen MR) is 95.5 cm³/mol. The van der Waals surface area contributed by atoms with Gasteiger partial charge in [-0.1, -0.05) is 29.4 Å². The minimum Gasteiger partial charge on any atom is -0.360 e. The van der Waals surface area contributed by atoms with E-state index in [-0.39, 0.29) is 18.3 Å². The monoisotopic (exact) mass is 388 g/mol. The van der Waals surface area contributed by atoms with Crippen LogP contribution in [0, 0.1) is 0 Å². The summed E-state index contributed by atoms with van der Waals surface area (Å²) in [6.07, 6.45) is -4.08. The fraction of sp³-hybridized carbons (Fsp3) is 0.211. The second-order valence-corrected chi connectivity index (χ2v) is 6.32. The van der Waals surface area contributed by atoms with Gasteiger partial charge in [0.1, 0.15) is 0 Å². The summed E-state index contributed by atoms with van der Waals surface area (Å²) in [6.45, 7) is 0.750. The van der Waals surface area contributed by atoms with E-state index in [1.165, 1.54) is 12.1 Å². The second kappa shape index (κ2) is 6.99. The van der Waals surface area contributed by atoms with Crippen LogP contribution < -0.4 is 10.2 Å². The molecule has 1 aromatic heterocycles. The first kappa shape index (κ1) is 18.0. The largest absolute Gasteiger partial charge is 0.416 e. The molecule has 2 heterocycles. The van der Waals surface area contributed by atoms with Crippen molar-refractivity contribution in [3.63, 3.8) is 0 Å². The van der Waals surface area contributed by atoms with Gasteiger partial charge in [-0.2, -0.15) is 18.2 Å². The Morgan fingerprint density at radius 3 is 2.61 bits per heavy atom. The Kier molecular flexibility index (Phi) is 4.50. The van der Waals surface area contributed by atoms with Crippen molar-refractivity contribution >= 4 is 17.3 Å². The zero-order valence-electron chi connectivity index (χ0n) is 14.5. The molecule has 0 aliphatic carbocycles. The van der Waals surface area contributed by atoms with E-state index in [2.05, 4.69) is 15.5 Å². The van der Waals surface area contributed by atoms with Crippen molar-refractivity contribution in [1.29, 1.82) is 0 Å². The molecule has 0 bridgehead atoms. The normalized spacial score (nSPS) is 14.4. The van der Waals surface area contributed by atoms with E-state index >= 15 is 0 Å². The van der Waals surface area contributed by atoms with E-state index in [9.17, 15) is 18.0 Å². The molecule has 6 nitrogen and oxygen atoms in total. The summed E-state index contributed by atoms with van der Waals surface area (Å²) in [5, 5.41) is 6.71. The third kappa shape index (κ3) is 3.68. The molecule has 0 atom stereocenters. The number of aromatic nitrogens is 2. The number of anilines is 2. The summed E-state index contributed by atoms with van der Waals surface area (Å²) in [7, 11) is 0. The third-order valence-corrected chi connectivity index (χ3v) is 4.39. The zero-order chi connectivity index (χ0) is 19.7. The van der Waals surface area contributed by atoms with Crippen molar-refractivity contribution in [2.75, 3.05) is 16.8 Å². The number of para-hydroxylation sites is 2. The molecule has 0 radical (unpaired) electrons. The molecule has 1 amide bonds. The molecule has 1 aliphatic rings. The minimum absolute atomic E-state index is 0.0778. The molecule has 28 heavy (non-hydrogen) atoms. The Bertz CT molecular complexity index is 999. The fourth-order valence-electron chi connectivity index (χ4n) is 3.00. The Morgan fingerprint density at radius 2 is 1.86 bits per heavy atom. The van der Waals surface area contributed by atoms with Crippen LogP contribution in [-0.2, 0) is 17.5 Å². The molecule has 0 fully saturated rings. The Hall–Kier alpha value is -3.36. The summed E-state index contributed by atoms with van der Waals surface area (Å²) in [4.78, 5) is 18.1. The Morgan fingerprint density at radius 1 is 1.11 bits per heavy atom. The maximum Gasteiger partial charge on any atom is 0.416 e. The number of fused-ring (bicyclic) bond motifs is 1. The summed E-state index contributed by atoms with van der Waals surface area (Å²) in [6, 6.07) is 12.0. The number of alkyl halides is 3. The van der Waals surface area contributed by atoms with Gasteiger partial charge in [0.25, 0.3) is 0 Å². The van der Waals surface area contributed by atoms with Crippen LogP contribution in [0.5, 0.6) is 0 Å². The number of benzene rings is 2. The van der Waals surface area contributed by atoms with Crippen LogP contribution in [0.2, 0.25) is 0 Å². The summed E-state index contributed by atoms with van der Waals surface area (Å²) >= 11 is 0. The highest BCUT2D eigenvalue weighted by molar-refractivity contribution is 5.96. The van der Waals surface area contributed by atoms with Gasteiger partial charge in [0.15, 0.2) is 0 Å². The van der Waals surface area contributed by atoms with Crippen LogP contribution in [0.1, 0.15) is 17.9 Å². The number of nitrogens with zero attached hydrogens (tertiary/aromatic N) is 3. The molecular weight excluding hydrogens is 373 g/mol. The lowest BCUT2D eigenvalue weighted by molar-refractivity contribution is -0.137. The van der Waals surface area contributed by atoms with Crippen molar-refractivity contribution in [3.05, 3.63) is 60.0 Å². The SMILES string of the molecule is O=C1CCN(Cc2nc(-c3ccc(C(F)(F)F)cc3)no2)c2ccccc2N1. The van der Waals surface area contributed by atoms with Crippen LogP contribution in [0.3, 0.4) is 0 Å². The number of nitrogens with one attached hydrogen (secondary N) is 1. The van der Waals surface area contributed by atoms with Crippen molar-refractivity contribution < 1.29 is 22.5 Å². The molecule has 144 valence electrons. The van der Waals surface area contributed by atoms with Gasteiger partial charge < -0.3 is 14.7 Å². The number of carbonyl (C=O) groups excluding carboxylic acids is 1. The van der Waals surface area contributed by atoms with Gasteiger partial charge in [-0.3, -0.25) is 4.79 Å². The number of rotatable bonds is 3. The summed E-state index contributed by atoms with van der Waals surface area (Å²) in [5.41, 5.74) is 1.23. The average Bonchev–Trinajstić information content (AvgIpc) is 3.07. The van der Waals surface area contributed by atoms with Crippen molar-refractivity contribution in [2.24, 2.45) is 0 Å². The molecular formula is C19H15F3N4O2. The molecule has 1 N–H and O–H groups in total. The first-order chi connectivity index (χ1) is 13.4. The Labute approximate surface area is 158 Å². The first-order valence-corrected chi connectivity index (χ1v) is 8.54. The molecule has 2 aromatic carbocycles. The lowest BCUT2D eigenvalue weighted by Crippen LogP contribution is -2.24. The highest BCUT2D eigenvalue weighted by Gasteiger charge is 2.30. The average molecular weight is 388 g/mol. The number of halogens is 3. The van der Waals surface area contributed by atoms with E-state index < -0.39 is 11.7 Å². The van der Waals surface area contributed by atoms with Crippen LogP contribution in [0.4, 0.5) is 24.5 Å². The lowest BCUT2D eigenvalue weighted by atomic mass is 10.1. The predicted octanol–water partition coefficient (Wildman–Crippen LogP) is 4.10. The van der Waals surface area contributed by atoms with Gasteiger partial charge in [0.05, 0.1) is 23.5 Å². The van der Waals surface area contributed by atoms with Crippen molar-refractivity contribution in [3.8, 4) is 11.4 Å². The number of hydrogen-bond donors (Lipinski definition) is 1. The molecule has 0 saturated heterocycles. The van der Waals surface area contributed by atoms with Gasteiger partial charge in [0.2, 0.25) is 17.6 Å². The van der Waals surface area contributed by atoms with E-state index in [1.807, 2.05) is 29.2 Å². The van der Waals surface area contributed by atoms with Gasteiger partial charge >= 0.3 is 6.18 Å². The molecule has 9 heteroatoms. The highest BCUT2D eigenvalue weighted by atomic mass is 19.4. The number of amides is 1. The van der Waals surface area contributed by atoms with Gasteiger partial charge in [-0.15, -0.1) is 0 Å². The maximum absolute atomic E-state index is 12.7.